The Morgan fingerprint density at radius 1 is 1.08 bits per heavy atom. The van der Waals surface area contributed by atoms with Crippen LogP contribution in [0.4, 0.5) is 0 Å². The Kier molecular flexibility index (Phi) is 5.69. The molecule has 0 atom stereocenters. The monoisotopic (exact) mass is 337 g/mol. The van der Waals surface area contributed by atoms with Crippen molar-refractivity contribution in [2.24, 2.45) is 0 Å². The van der Waals surface area contributed by atoms with E-state index in [0.717, 1.165) is 17.0 Å². The topological polar surface area (TPSA) is 46.9 Å². The van der Waals surface area contributed by atoms with Crippen LogP contribution < -0.4 is 5.32 Å². The van der Waals surface area contributed by atoms with Crippen molar-refractivity contribution in [2.45, 2.75) is 17.9 Å². The van der Waals surface area contributed by atoms with Gasteiger partial charge in [-0.25, -0.2) is 4.98 Å². The molecule has 0 aliphatic rings. The summed E-state index contributed by atoms with van der Waals surface area (Å²) in [4.78, 5) is 17.3. The van der Waals surface area contributed by atoms with Gasteiger partial charge in [-0.1, -0.05) is 36.4 Å². The SMILES string of the molecule is O=C(CCSc1ccccc1)NCc1ccccc1-n1ccnc1. The van der Waals surface area contributed by atoms with E-state index in [1.807, 2.05) is 53.2 Å². The number of imidazole rings is 1. The van der Waals surface area contributed by atoms with E-state index in [9.17, 15) is 4.79 Å². The van der Waals surface area contributed by atoms with Gasteiger partial charge in [0.05, 0.1) is 12.0 Å². The third-order valence-corrected chi connectivity index (χ3v) is 4.61. The smallest absolute Gasteiger partial charge is 0.221 e. The molecule has 0 spiro atoms. The average molecular weight is 337 g/mol. The third-order valence-electron chi connectivity index (χ3n) is 3.59. The molecule has 3 rings (SSSR count). The lowest BCUT2D eigenvalue weighted by Crippen LogP contribution is -2.23. The minimum atomic E-state index is 0.0684. The summed E-state index contributed by atoms with van der Waals surface area (Å²) in [6.45, 7) is 0.517. The Morgan fingerprint density at radius 2 is 1.88 bits per heavy atom. The molecule has 0 fully saturated rings. The van der Waals surface area contributed by atoms with Gasteiger partial charge in [0, 0.05) is 36.0 Å². The van der Waals surface area contributed by atoms with E-state index in [4.69, 9.17) is 0 Å². The predicted molar refractivity (Wildman–Crippen MR) is 97.2 cm³/mol. The van der Waals surface area contributed by atoms with E-state index in [2.05, 4.69) is 22.4 Å². The van der Waals surface area contributed by atoms with E-state index in [1.165, 1.54) is 4.90 Å². The minimum Gasteiger partial charge on any atom is -0.352 e. The van der Waals surface area contributed by atoms with Crippen molar-refractivity contribution in [2.75, 3.05) is 5.75 Å². The molecule has 1 aromatic heterocycles. The van der Waals surface area contributed by atoms with Crippen molar-refractivity contribution in [1.29, 1.82) is 0 Å². The summed E-state index contributed by atoms with van der Waals surface area (Å²) >= 11 is 1.70. The van der Waals surface area contributed by atoms with Gasteiger partial charge in [-0.05, 0) is 23.8 Å². The van der Waals surface area contributed by atoms with Crippen LogP contribution in [0.3, 0.4) is 0 Å². The molecule has 0 aliphatic carbocycles. The summed E-state index contributed by atoms with van der Waals surface area (Å²) in [5.41, 5.74) is 2.11. The zero-order chi connectivity index (χ0) is 16.6. The highest BCUT2D eigenvalue weighted by Crippen LogP contribution is 2.18. The lowest BCUT2D eigenvalue weighted by Gasteiger charge is -2.11. The van der Waals surface area contributed by atoms with E-state index in [1.54, 1.807) is 24.3 Å². The van der Waals surface area contributed by atoms with Crippen LogP contribution in [-0.2, 0) is 11.3 Å². The van der Waals surface area contributed by atoms with Crippen LogP contribution in [0.15, 0.2) is 78.2 Å². The number of hydrogen-bond acceptors (Lipinski definition) is 3. The van der Waals surface area contributed by atoms with Crippen LogP contribution in [0.5, 0.6) is 0 Å². The number of carbonyl (C=O) groups is 1. The van der Waals surface area contributed by atoms with Crippen LogP contribution in [0.1, 0.15) is 12.0 Å². The fourth-order valence-corrected chi connectivity index (χ4v) is 3.25. The first-order chi connectivity index (χ1) is 11.8. The van der Waals surface area contributed by atoms with E-state index >= 15 is 0 Å². The number of nitrogens with one attached hydrogen (secondary N) is 1. The zero-order valence-corrected chi connectivity index (χ0v) is 14.1. The number of hydrogen-bond donors (Lipinski definition) is 1. The third kappa shape index (κ3) is 4.49. The fraction of sp³-hybridized carbons (Fsp3) is 0.158. The molecule has 4 nitrogen and oxygen atoms in total. The van der Waals surface area contributed by atoms with Gasteiger partial charge < -0.3 is 9.88 Å². The number of benzene rings is 2. The summed E-state index contributed by atoms with van der Waals surface area (Å²) < 4.78 is 1.95. The van der Waals surface area contributed by atoms with Gasteiger partial charge in [0.2, 0.25) is 5.91 Å². The highest BCUT2D eigenvalue weighted by molar-refractivity contribution is 7.99. The number of aromatic nitrogens is 2. The summed E-state index contributed by atoms with van der Waals surface area (Å²) in [5.74, 6) is 0.845. The highest BCUT2D eigenvalue weighted by atomic mass is 32.2. The van der Waals surface area contributed by atoms with Gasteiger partial charge in [-0.15, -0.1) is 11.8 Å². The number of nitrogens with zero attached hydrogens (tertiary/aromatic N) is 2. The molecule has 122 valence electrons. The second-order valence-corrected chi connectivity index (χ2v) is 6.46. The molecule has 2 aromatic carbocycles. The van der Waals surface area contributed by atoms with Crippen LogP contribution in [-0.4, -0.2) is 21.2 Å². The molecule has 24 heavy (non-hydrogen) atoms. The molecule has 3 aromatic rings. The summed E-state index contributed by atoms with van der Waals surface area (Å²) in [6, 6.07) is 18.1. The second-order valence-electron chi connectivity index (χ2n) is 5.29. The van der Waals surface area contributed by atoms with Gasteiger partial charge >= 0.3 is 0 Å². The van der Waals surface area contributed by atoms with Gasteiger partial charge in [-0.2, -0.15) is 0 Å². The van der Waals surface area contributed by atoms with E-state index in [0.29, 0.717) is 13.0 Å². The molecule has 0 bridgehead atoms. The van der Waals surface area contributed by atoms with Crippen LogP contribution in [0, 0.1) is 0 Å². The number of carbonyl (C=O) groups excluding carboxylic acids is 1. The first-order valence-electron chi connectivity index (χ1n) is 7.84. The van der Waals surface area contributed by atoms with Crippen LogP contribution >= 0.6 is 11.8 Å². The Labute approximate surface area is 145 Å². The maximum absolute atomic E-state index is 12.1. The standard InChI is InChI=1S/C19H19N3OS/c23-19(10-13-24-17-7-2-1-3-8-17)21-14-16-6-4-5-9-18(16)22-12-11-20-15-22/h1-9,11-12,15H,10,13-14H2,(H,21,23). The summed E-state index contributed by atoms with van der Waals surface area (Å²) in [6.07, 6.45) is 5.91. The van der Waals surface area contributed by atoms with Crippen molar-refractivity contribution < 1.29 is 4.79 Å². The number of amides is 1. The number of para-hydroxylation sites is 1. The highest BCUT2D eigenvalue weighted by Gasteiger charge is 2.06. The molecule has 0 radical (unpaired) electrons. The molecule has 5 heteroatoms. The molecular formula is C19H19N3OS. The second kappa shape index (κ2) is 8.36. The quantitative estimate of drug-likeness (QED) is 0.669. The van der Waals surface area contributed by atoms with Crippen molar-refractivity contribution in [1.82, 2.24) is 14.9 Å². The Morgan fingerprint density at radius 3 is 2.67 bits per heavy atom. The van der Waals surface area contributed by atoms with Crippen molar-refractivity contribution >= 4 is 17.7 Å². The summed E-state index contributed by atoms with van der Waals surface area (Å²) in [7, 11) is 0. The Balaban J connectivity index is 1.50. The molecule has 0 aliphatic heterocycles. The normalized spacial score (nSPS) is 10.5. The molecule has 0 saturated heterocycles. The maximum atomic E-state index is 12.1. The van der Waals surface area contributed by atoms with Gasteiger partial charge in [0.15, 0.2) is 0 Å². The first-order valence-corrected chi connectivity index (χ1v) is 8.82. The molecule has 0 saturated carbocycles. The minimum absolute atomic E-state index is 0.0684. The van der Waals surface area contributed by atoms with Crippen LogP contribution in [0.2, 0.25) is 0 Å². The lowest BCUT2D eigenvalue weighted by atomic mass is 10.1. The Bertz CT molecular complexity index is 772. The molecule has 1 N–H and O–H groups in total. The van der Waals surface area contributed by atoms with Gasteiger partial charge in [0.1, 0.15) is 0 Å². The number of thioether (sulfide) groups is 1. The van der Waals surface area contributed by atoms with E-state index in [-0.39, 0.29) is 5.91 Å². The summed E-state index contributed by atoms with van der Waals surface area (Å²) in [5, 5.41) is 3.00. The molecular weight excluding hydrogens is 318 g/mol. The zero-order valence-electron chi connectivity index (χ0n) is 13.3. The largest absolute Gasteiger partial charge is 0.352 e. The van der Waals surface area contributed by atoms with Crippen molar-refractivity contribution in [3.8, 4) is 5.69 Å². The van der Waals surface area contributed by atoms with Crippen molar-refractivity contribution in [3.05, 3.63) is 78.9 Å². The maximum Gasteiger partial charge on any atom is 0.221 e. The van der Waals surface area contributed by atoms with Gasteiger partial charge in [-0.3, -0.25) is 4.79 Å². The van der Waals surface area contributed by atoms with Crippen LogP contribution in [0.25, 0.3) is 5.69 Å². The average Bonchev–Trinajstić information content (AvgIpc) is 3.16. The fourth-order valence-electron chi connectivity index (χ4n) is 2.37. The predicted octanol–water partition coefficient (Wildman–Crippen LogP) is 3.67. The Hall–Kier alpha value is -2.53. The lowest BCUT2D eigenvalue weighted by molar-refractivity contribution is -0.120. The molecule has 1 heterocycles. The van der Waals surface area contributed by atoms with Crippen molar-refractivity contribution in [3.63, 3.8) is 0 Å². The van der Waals surface area contributed by atoms with Gasteiger partial charge in [0.25, 0.3) is 0 Å². The van der Waals surface area contributed by atoms with E-state index < -0.39 is 0 Å². The number of rotatable bonds is 7. The molecule has 1 amide bonds. The molecule has 0 unspecified atom stereocenters. The first kappa shape index (κ1) is 16.3.